The molecular formula is C14H14O. The number of benzene rings is 1. The highest BCUT2D eigenvalue weighted by Crippen LogP contribution is 2.34. The van der Waals surface area contributed by atoms with Crippen molar-refractivity contribution in [3.63, 3.8) is 0 Å². The van der Waals surface area contributed by atoms with Crippen LogP contribution in [-0.4, -0.2) is 5.11 Å². The van der Waals surface area contributed by atoms with E-state index in [2.05, 4.69) is 12.7 Å². The highest BCUT2D eigenvalue weighted by molar-refractivity contribution is 5.74. The first-order valence-corrected chi connectivity index (χ1v) is 5.12. The lowest BCUT2D eigenvalue weighted by molar-refractivity contribution is 0.475. The molecule has 76 valence electrons. The molecule has 0 aromatic heterocycles. The second kappa shape index (κ2) is 4.18. The van der Waals surface area contributed by atoms with Crippen LogP contribution in [0.2, 0.25) is 0 Å². The predicted octanol–water partition coefficient (Wildman–Crippen LogP) is 3.46. The number of allylic oxidation sites excluding steroid dienone is 5. The van der Waals surface area contributed by atoms with Crippen molar-refractivity contribution in [3.05, 3.63) is 60.2 Å². The Bertz CT molecular complexity index is 439. The van der Waals surface area contributed by atoms with E-state index in [9.17, 15) is 5.11 Å². The molecule has 15 heavy (non-hydrogen) atoms. The quantitative estimate of drug-likeness (QED) is 0.721. The fourth-order valence-electron chi connectivity index (χ4n) is 1.91. The molecule has 1 aromatic carbocycles. The number of aromatic hydroxyl groups is 1. The summed E-state index contributed by atoms with van der Waals surface area (Å²) in [6.07, 6.45) is 9.88. The van der Waals surface area contributed by atoms with Gasteiger partial charge in [-0.05, 0) is 41.7 Å². The fourth-order valence-corrected chi connectivity index (χ4v) is 1.91. The van der Waals surface area contributed by atoms with E-state index in [1.165, 1.54) is 16.7 Å². The van der Waals surface area contributed by atoms with Crippen LogP contribution >= 0.6 is 0 Å². The zero-order valence-electron chi connectivity index (χ0n) is 8.61. The van der Waals surface area contributed by atoms with Crippen molar-refractivity contribution < 1.29 is 5.11 Å². The van der Waals surface area contributed by atoms with Crippen LogP contribution in [0.4, 0.5) is 0 Å². The Morgan fingerprint density at radius 2 is 2.07 bits per heavy atom. The van der Waals surface area contributed by atoms with E-state index >= 15 is 0 Å². The third kappa shape index (κ3) is 2.01. The van der Waals surface area contributed by atoms with Crippen molar-refractivity contribution in [1.29, 1.82) is 0 Å². The number of rotatable bonds is 2. The van der Waals surface area contributed by atoms with Crippen LogP contribution in [0.3, 0.4) is 0 Å². The minimum atomic E-state index is 0.342. The summed E-state index contributed by atoms with van der Waals surface area (Å²) in [6.45, 7) is 3.63. The van der Waals surface area contributed by atoms with Gasteiger partial charge >= 0.3 is 0 Å². The lowest BCUT2D eigenvalue weighted by atomic mass is 10.1. The monoisotopic (exact) mass is 198 g/mol. The summed E-state index contributed by atoms with van der Waals surface area (Å²) in [7, 11) is 0. The second-order valence-corrected chi connectivity index (χ2v) is 3.65. The lowest BCUT2D eigenvalue weighted by Gasteiger charge is -2.00. The van der Waals surface area contributed by atoms with Gasteiger partial charge in [-0.1, -0.05) is 36.9 Å². The SMILES string of the molecule is C=C/C=C\C=C1/CCc2ccc(O)cc21. The molecule has 0 radical (unpaired) electrons. The van der Waals surface area contributed by atoms with E-state index < -0.39 is 0 Å². The Hall–Kier alpha value is -1.76. The fraction of sp³-hybridized carbons (Fsp3) is 0.143. The number of hydrogen-bond donors (Lipinski definition) is 1. The Morgan fingerprint density at radius 1 is 1.20 bits per heavy atom. The number of phenols is 1. The van der Waals surface area contributed by atoms with Gasteiger partial charge < -0.3 is 5.11 Å². The standard InChI is InChI=1S/C14H14O/c1-2-3-4-5-11-6-7-12-8-9-13(15)10-14(11)12/h2-5,8-10,15H,1,6-7H2/b4-3-,11-5+. The Balaban J connectivity index is 2.35. The van der Waals surface area contributed by atoms with Crippen molar-refractivity contribution in [3.8, 4) is 5.75 Å². The van der Waals surface area contributed by atoms with Crippen molar-refractivity contribution in [2.75, 3.05) is 0 Å². The van der Waals surface area contributed by atoms with Gasteiger partial charge in [-0.15, -0.1) is 0 Å². The van der Waals surface area contributed by atoms with Crippen LogP contribution in [-0.2, 0) is 6.42 Å². The first-order chi connectivity index (χ1) is 7.31. The molecule has 1 aliphatic carbocycles. The zero-order chi connectivity index (χ0) is 10.7. The van der Waals surface area contributed by atoms with E-state index in [0.29, 0.717) is 5.75 Å². The normalized spacial score (nSPS) is 17.2. The van der Waals surface area contributed by atoms with Crippen LogP contribution in [0, 0.1) is 0 Å². The van der Waals surface area contributed by atoms with Gasteiger partial charge in [0.15, 0.2) is 0 Å². The third-order valence-electron chi connectivity index (χ3n) is 2.65. The van der Waals surface area contributed by atoms with Gasteiger partial charge in [0.05, 0.1) is 0 Å². The van der Waals surface area contributed by atoms with Gasteiger partial charge in [0.2, 0.25) is 0 Å². The Labute approximate surface area is 90.1 Å². The molecule has 1 N–H and O–H groups in total. The summed E-state index contributed by atoms with van der Waals surface area (Å²) in [5, 5.41) is 9.42. The van der Waals surface area contributed by atoms with Gasteiger partial charge in [-0.2, -0.15) is 0 Å². The first kappa shape index (κ1) is 9.78. The minimum Gasteiger partial charge on any atom is -0.508 e. The van der Waals surface area contributed by atoms with Gasteiger partial charge in [-0.3, -0.25) is 0 Å². The third-order valence-corrected chi connectivity index (χ3v) is 2.65. The van der Waals surface area contributed by atoms with E-state index in [0.717, 1.165) is 12.8 Å². The molecule has 0 heterocycles. The van der Waals surface area contributed by atoms with Crippen molar-refractivity contribution in [2.45, 2.75) is 12.8 Å². The molecule has 0 bridgehead atoms. The maximum absolute atomic E-state index is 9.42. The molecule has 1 nitrogen and oxygen atoms in total. The molecule has 0 spiro atoms. The summed E-state index contributed by atoms with van der Waals surface area (Å²) < 4.78 is 0. The molecule has 0 unspecified atom stereocenters. The predicted molar refractivity (Wildman–Crippen MR) is 63.7 cm³/mol. The number of fused-ring (bicyclic) bond motifs is 1. The molecule has 0 atom stereocenters. The van der Waals surface area contributed by atoms with E-state index in [4.69, 9.17) is 0 Å². The number of aryl methyl sites for hydroxylation is 1. The average molecular weight is 198 g/mol. The molecule has 0 saturated carbocycles. The van der Waals surface area contributed by atoms with E-state index in [-0.39, 0.29) is 0 Å². The van der Waals surface area contributed by atoms with E-state index in [1.807, 2.05) is 24.3 Å². The number of hydrogen-bond acceptors (Lipinski definition) is 1. The van der Waals surface area contributed by atoms with Gasteiger partial charge in [0.1, 0.15) is 5.75 Å². The molecule has 0 fully saturated rings. The van der Waals surface area contributed by atoms with Gasteiger partial charge in [0, 0.05) is 0 Å². The second-order valence-electron chi connectivity index (χ2n) is 3.65. The summed E-state index contributed by atoms with van der Waals surface area (Å²) in [5.41, 5.74) is 3.80. The average Bonchev–Trinajstić information content (AvgIpc) is 2.62. The molecule has 0 saturated heterocycles. The highest BCUT2D eigenvalue weighted by Gasteiger charge is 2.15. The van der Waals surface area contributed by atoms with E-state index in [1.54, 1.807) is 12.1 Å². The topological polar surface area (TPSA) is 20.2 Å². The van der Waals surface area contributed by atoms with Crippen LogP contribution < -0.4 is 0 Å². The summed E-state index contributed by atoms with van der Waals surface area (Å²) >= 11 is 0. The van der Waals surface area contributed by atoms with Crippen molar-refractivity contribution in [1.82, 2.24) is 0 Å². The van der Waals surface area contributed by atoms with Crippen LogP contribution in [0.5, 0.6) is 5.75 Å². The molecule has 2 rings (SSSR count). The Morgan fingerprint density at radius 3 is 2.87 bits per heavy atom. The summed E-state index contributed by atoms with van der Waals surface area (Å²) in [5.74, 6) is 0.342. The minimum absolute atomic E-state index is 0.342. The smallest absolute Gasteiger partial charge is 0.116 e. The molecule has 1 aromatic rings. The van der Waals surface area contributed by atoms with Crippen molar-refractivity contribution >= 4 is 5.57 Å². The molecular weight excluding hydrogens is 184 g/mol. The van der Waals surface area contributed by atoms with Gasteiger partial charge in [0.25, 0.3) is 0 Å². The largest absolute Gasteiger partial charge is 0.508 e. The highest BCUT2D eigenvalue weighted by atomic mass is 16.3. The van der Waals surface area contributed by atoms with Crippen LogP contribution in [0.15, 0.2) is 49.1 Å². The maximum atomic E-state index is 9.42. The molecule has 1 aliphatic rings. The lowest BCUT2D eigenvalue weighted by Crippen LogP contribution is -1.79. The number of phenolic OH excluding ortho intramolecular Hbond substituents is 1. The molecule has 0 aliphatic heterocycles. The van der Waals surface area contributed by atoms with Crippen LogP contribution in [0.25, 0.3) is 5.57 Å². The summed E-state index contributed by atoms with van der Waals surface area (Å²) in [4.78, 5) is 0. The zero-order valence-corrected chi connectivity index (χ0v) is 8.61. The van der Waals surface area contributed by atoms with Gasteiger partial charge in [-0.25, -0.2) is 0 Å². The molecule has 1 heteroatoms. The first-order valence-electron chi connectivity index (χ1n) is 5.12. The van der Waals surface area contributed by atoms with Crippen LogP contribution in [0.1, 0.15) is 17.5 Å². The maximum Gasteiger partial charge on any atom is 0.116 e. The van der Waals surface area contributed by atoms with Crippen molar-refractivity contribution in [2.24, 2.45) is 0 Å². The Kier molecular flexibility index (Phi) is 2.72. The summed E-state index contributed by atoms with van der Waals surface area (Å²) in [6, 6.07) is 5.60. The molecule has 0 amide bonds.